The van der Waals surface area contributed by atoms with Crippen LogP contribution in [-0.4, -0.2) is 15.9 Å². The third kappa shape index (κ3) is 5.34. The summed E-state index contributed by atoms with van der Waals surface area (Å²) in [6.45, 7) is 6.42. The van der Waals surface area contributed by atoms with E-state index in [-0.39, 0.29) is 11.0 Å². The highest BCUT2D eigenvalue weighted by Crippen LogP contribution is 2.23. The molecular formula is C26H23BrClN3O2. The van der Waals surface area contributed by atoms with Crippen LogP contribution in [0.5, 0.6) is 5.75 Å². The molecule has 0 amide bonds. The molecule has 5 nitrogen and oxygen atoms in total. The maximum atomic E-state index is 13.2. The zero-order chi connectivity index (χ0) is 23.6. The number of ether oxygens (including phenoxy) is 1. The lowest BCUT2D eigenvalue weighted by molar-refractivity contribution is 0.306. The molecule has 0 radical (unpaired) electrons. The van der Waals surface area contributed by atoms with Crippen LogP contribution in [0.15, 0.2) is 81.1 Å². The quantitative estimate of drug-likeness (QED) is 0.277. The third-order valence-corrected chi connectivity index (χ3v) is 5.90. The molecule has 1 heterocycles. The van der Waals surface area contributed by atoms with Crippen molar-refractivity contribution in [3.8, 4) is 5.75 Å². The highest BCUT2D eigenvalue weighted by atomic mass is 79.9. The fourth-order valence-corrected chi connectivity index (χ4v) is 3.84. The lowest BCUT2D eigenvalue weighted by Crippen LogP contribution is -2.29. The van der Waals surface area contributed by atoms with E-state index in [4.69, 9.17) is 21.3 Å². The largest absolute Gasteiger partial charge is 0.489 e. The third-order valence-electron chi connectivity index (χ3n) is 5.03. The van der Waals surface area contributed by atoms with E-state index in [2.05, 4.69) is 21.0 Å². The van der Waals surface area contributed by atoms with Crippen molar-refractivity contribution in [2.45, 2.75) is 32.8 Å². The molecule has 4 rings (SSSR count). The van der Waals surface area contributed by atoms with Crippen molar-refractivity contribution in [3.05, 3.63) is 104 Å². The molecule has 7 heteroatoms. The summed E-state index contributed by atoms with van der Waals surface area (Å²) in [5, 5.41) is 5.69. The molecule has 0 saturated heterocycles. The maximum Gasteiger partial charge on any atom is 0.282 e. The van der Waals surface area contributed by atoms with Crippen molar-refractivity contribution < 1.29 is 4.74 Å². The molecule has 0 aliphatic carbocycles. The molecule has 0 aliphatic heterocycles. The second-order valence-corrected chi connectivity index (χ2v) is 9.98. The lowest BCUT2D eigenvalue weighted by atomic mass is 9.95. The van der Waals surface area contributed by atoms with Crippen molar-refractivity contribution in [2.24, 2.45) is 5.10 Å². The number of hydrogen-bond donors (Lipinski definition) is 0. The fourth-order valence-electron chi connectivity index (χ4n) is 3.29. The molecule has 3 aromatic carbocycles. The van der Waals surface area contributed by atoms with Gasteiger partial charge in [0.25, 0.3) is 5.56 Å². The zero-order valence-corrected chi connectivity index (χ0v) is 20.9. The van der Waals surface area contributed by atoms with E-state index in [1.165, 1.54) is 4.68 Å². The minimum Gasteiger partial charge on any atom is -0.489 e. The molecule has 33 heavy (non-hydrogen) atoms. The number of fused-ring (bicyclic) bond motifs is 1. The average molecular weight is 525 g/mol. The first-order chi connectivity index (χ1) is 15.7. The van der Waals surface area contributed by atoms with E-state index in [0.717, 1.165) is 21.3 Å². The van der Waals surface area contributed by atoms with Crippen LogP contribution < -0.4 is 10.3 Å². The summed E-state index contributed by atoms with van der Waals surface area (Å²) in [7, 11) is 0. The van der Waals surface area contributed by atoms with Gasteiger partial charge in [-0.3, -0.25) is 4.79 Å². The number of nitrogens with zero attached hydrogens (tertiary/aromatic N) is 3. The summed E-state index contributed by atoms with van der Waals surface area (Å²) in [6.07, 6.45) is 1.65. The van der Waals surface area contributed by atoms with E-state index >= 15 is 0 Å². The number of benzene rings is 3. The molecule has 168 valence electrons. The van der Waals surface area contributed by atoms with Gasteiger partial charge in [-0.1, -0.05) is 66.5 Å². The Morgan fingerprint density at radius 1 is 1.09 bits per heavy atom. The summed E-state index contributed by atoms with van der Waals surface area (Å²) >= 11 is 9.61. The van der Waals surface area contributed by atoms with Gasteiger partial charge in [0.15, 0.2) is 0 Å². The number of hydrogen-bond acceptors (Lipinski definition) is 4. The van der Waals surface area contributed by atoms with E-state index in [1.807, 2.05) is 81.4 Å². The molecule has 0 unspecified atom stereocenters. The SMILES string of the molecule is CC(C)(C)c1nc2ccc(Br)cc2c(=O)n1N=Cc1ccc(OCc2ccccc2Cl)cc1. The maximum absolute atomic E-state index is 13.2. The topological polar surface area (TPSA) is 56.5 Å². The summed E-state index contributed by atoms with van der Waals surface area (Å²) < 4.78 is 8.04. The highest BCUT2D eigenvalue weighted by molar-refractivity contribution is 9.10. The zero-order valence-electron chi connectivity index (χ0n) is 18.5. The van der Waals surface area contributed by atoms with Crippen molar-refractivity contribution in [1.29, 1.82) is 0 Å². The summed E-state index contributed by atoms with van der Waals surface area (Å²) in [4.78, 5) is 18.0. The second kappa shape index (κ2) is 9.49. The van der Waals surface area contributed by atoms with E-state index in [9.17, 15) is 4.79 Å². The van der Waals surface area contributed by atoms with Crippen LogP contribution in [0, 0.1) is 0 Å². The smallest absolute Gasteiger partial charge is 0.282 e. The van der Waals surface area contributed by atoms with E-state index < -0.39 is 0 Å². The average Bonchev–Trinajstić information content (AvgIpc) is 2.78. The van der Waals surface area contributed by atoms with Crippen molar-refractivity contribution >= 4 is 44.6 Å². The van der Waals surface area contributed by atoms with Gasteiger partial charge in [-0.05, 0) is 54.1 Å². The Kier molecular flexibility index (Phi) is 6.68. The number of aromatic nitrogens is 2. The predicted octanol–water partition coefficient (Wildman–Crippen LogP) is 6.57. The van der Waals surface area contributed by atoms with Crippen LogP contribution in [0.2, 0.25) is 5.02 Å². The van der Waals surface area contributed by atoms with Crippen LogP contribution in [0.3, 0.4) is 0 Å². The monoisotopic (exact) mass is 523 g/mol. The van der Waals surface area contributed by atoms with Gasteiger partial charge >= 0.3 is 0 Å². The van der Waals surface area contributed by atoms with Gasteiger partial charge in [-0.25, -0.2) is 4.98 Å². The highest BCUT2D eigenvalue weighted by Gasteiger charge is 2.22. The minimum absolute atomic E-state index is 0.206. The van der Waals surface area contributed by atoms with Gasteiger partial charge in [-0.2, -0.15) is 9.78 Å². The van der Waals surface area contributed by atoms with E-state index in [0.29, 0.717) is 28.4 Å². The first-order valence-corrected chi connectivity index (χ1v) is 11.6. The van der Waals surface area contributed by atoms with Crippen LogP contribution >= 0.6 is 27.5 Å². The molecule has 4 aromatic rings. The van der Waals surface area contributed by atoms with E-state index in [1.54, 1.807) is 12.3 Å². The predicted molar refractivity (Wildman–Crippen MR) is 138 cm³/mol. The van der Waals surface area contributed by atoms with Crippen LogP contribution in [0.25, 0.3) is 10.9 Å². The van der Waals surface area contributed by atoms with Crippen LogP contribution in [-0.2, 0) is 12.0 Å². The molecule has 0 N–H and O–H groups in total. The molecule has 0 aliphatic rings. The fraction of sp³-hybridized carbons (Fsp3) is 0.192. The Bertz CT molecular complexity index is 1390. The van der Waals surface area contributed by atoms with Gasteiger partial charge in [0, 0.05) is 20.5 Å². The second-order valence-electron chi connectivity index (χ2n) is 8.66. The summed E-state index contributed by atoms with van der Waals surface area (Å²) in [6, 6.07) is 20.6. The molecule has 0 spiro atoms. The van der Waals surface area contributed by atoms with Gasteiger partial charge < -0.3 is 4.74 Å². The normalized spacial score (nSPS) is 11.9. The Hall–Kier alpha value is -2.96. The molecule has 0 bridgehead atoms. The standard InChI is InChI=1S/C26H23BrClN3O2/c1-26(2,3)25-30-23-13-10-19(27)14-21(23)24(32)31(25)29-15-17-8-11-20(12-9-17)33-16-18-6-4-5-7-22(18)28/h4-15H,16H2,1-3H3. The number of halogens is 2. The number of rotatable bonds is 5. The Labute approximate surface area is 205 Å². The molecular weight excluding hydrogens is 502 g/mol. The van der Waals surface area contributed by atoms with Gasteiger partial charge in [0.1, 0.15) is 18.2 Å². The van der Waals surface area contributed by atoms with Crippen LogP contribution in [0.1, 0.15) is 37.7 Å². The minimum atomic E-state index is -0.367. The molecule has 0 saturated carbocycles. The van der Waals surface area contributed by atoms with Gasteiger partial charge in [0.2, 0.25) is 0 Å². The Morgan fingerprint density at radius 2 is 1.82 bits per heavy atom. The first kappa shape index (κ1) is 23.2. The van der Waals surface area contributed by atoms with Crippen molar-refractivity contribution in [2.75, 3.05) is 0 Å². The molecule has 0 fully saturated rings. The Morgan fingerprint density at radius 3 is 2.52 bits per heavy atom. The van der Waals surface area contributed by atoms with Gasteiger partial charge in [-0.15, -0.1) is 0 Å². The lowest BCUT2D eigenvalue weighted by Gasteiger charge is -2.20. The van der Waals surface area contributed by atoms with Gasteiger partial charge in [0.05, 0.1) is 17.1 Å². The van der Waals surface area contributed by atoms with Crippen molar-refractivity contribution in [3.63, 3.8) is 0 Å². The summed E-state index contributed by atoms with van der Waals surface area (Å²) in [5.41, 5.74) is 1.84. The van der Waals surface area contributed by atoms with Crippen LogP contribution in [0.4, 0.5) is 0 Å². The summed E-state index contributed by atoms with van der Waals surface area (Å²) in [5.74, 6) is 1.31. The molecule has 1 aromatic heterocycles. The first-order valence-electron chi connectivity index (χ1n) is 10.5. The Balaban J connectivity index is 1.61. The molecule has 0 atom stereocenters. The van der Waals surface area contributed by atoms with Crippen molar-refractivity contribution in [1.82, 2.24) is 9.66 Å².